The lowest BCUT2D eigenvalue weighted by Gasteiger charge is -2.24. The second kappa shape index (κ2) is 7.05. The number of rotatable bonds is 8. The standard InChI is InChI=1S/C17H26N2O2/c1-4-18-16(20)14-7-5-13(6-8-14)11-19-15(12-21-3)17(2)9-10-17/h5-8,15,19H,4,9-12H2,1-3H3,(H,18,20). The fourth-order valence-electron chi connectivity index (χ4n) is 2.50. The van der Waals surface area contributed by atoms with Crippen molar-refractivity contribution < 1.29 is 9.53 Å². The zero-order valence-electron chi connectivity index (χ0n) is 13.2. The predicted octanol–water partition coefficient (Wildman–Crippen LogP) is 2.34. The van der Waals surface area contributed by atoms with Crippen LogP contribution in [0.4, 0.5) is 0 Å². The molecular formula is C17H26N2O2. The Hall–Kier alpha value is -1.39. The molecule has 0 saturated heterocycles. The summed E-state index contributed by atoms with van der Waals surface area (Å²) >= 11 is 0. The van der Waals surface area contributed by atoms with Gasteiger partial charge in [-0.3, -0.25) is 4.79 Å². The van der Waals surface area contributed by atoms with Crippen LogP contribution in [0.15, 0.2) is 24.3 Å². The van der Waals surface area contributed by atoms with E-state index in [0.717, 1.165) is 13.2 Å². The molecule has 1 amide bonds. The van der Waals surface area contributed by atoms with Gasteiger partial charge < -0.3 is 15.4 Å². The average molecular weight is 290 g/mol. The van der Waals surface area contributed by atoms with Crippen molar-refractivity contribution in [3.05, 3.63) is 35.4 Å². The van der Waals surface area contributed by atoms with Gasteiger partial charge in [-0.1, -0.05) is 19.1 Å². The Morgan fingerprint density at radius 3 is 2.52 bits per heavy atom. The number of amides is 1. The third-order valence-electron chi connectivity index (χ3n) is 4.32. The second-order valence-electron chi connectivity index (χ2n) is 6.10. The van der Waals surface area contributed by atoms with Crippen molar-refractivity contribution in [1.29, 1.82) is 0 Å². The molecule has 1 saturated carbocycles. The van der Waals surface area contributed by atoms with E-state index in [1.807, 2.05) is 31.2 Å². The molecule has 0 radical (unpaired) electrons. The zero-order valence-corrected chi connectivity index (χ0v) is 13.2. The summed E-state index contributed by atoms with van der Waals surface area (Å²) in [4.78, 5) is 11.7. The number of methoxy groups -OCH3 is 1. The molecular weight excluding hydrogens is 264 g/mol. The molecule has 0 aliphatic heterocycles. The van der Waals surface area contributed by atoms with Crippen molar-refractivity contribution in [2.45, 2.75) is 39.3 Å². The summed E-state index contributed by atoms with van der Waals surface area (Å²) in [5.41, 5.74) is 2.29. The van der Waals surface area contributed by atoms with Crippen LogP contribution in [0.5, 0.6) is 0 Å². The van der Waals surface area contributed by atoms with Gasteiger partial charge in [0, 0.05) is 31.8 Å². The van der Waals surface area contributed by atoms with Crippen LogP contribution >= 0.6 is 0 Å². The Morgan fingerprint density at radius 1 is 1.33 bits per heavy atom. The first-order chi connectivity index (χ1) is 10.1. The molecule has 2 N–H and O–H groups in total. The Labute approximate surface area is 127 Å². The minimum Gasteiger partial charge on any atom is -0.383 e. The smallest absolute Gasteiger partial charge is 0.251 e. The molecule has 1 aromatic carbocycles. The molecule has 1 aliphatic carbocycles. The normalized spacial score (nSPS) is 17.3. The molecule has 0 heterocycles. The van der Waals surface area contributed by atoms with Gasteiger partial charge in [-0.05, 0) is 42.9 Å². The topological polar surface area (TPSA) is 50.4 Å². The number of hydrogen-bond acceptors (Lipinski definition) is 3. The summed E-state index contributed by atoms with van der Waals surface area (Å²) in [5, 5.41) is 6.39. The van der Waals surface area contributed by atoms with Crippen molar-refractivity contribution in [3.63, 3.8) is 0 Å². The molecule has 1 aromatic rings. The number of hydrogen-bond donors (Lipinski definition) is 2. The van der Waals surface area contributed by atoms with Crippen molar-refractivity contribution >= 4 is 5.91 Å². The summed E-state index contributed by atoms with van der Waals surface area (Å²) in [6, 6.07) is 8.18. The fraction of sp³-hybridized carbons (Fsp3) is 0.588. The molecule has 21 heavy (non-hydrogen) atoms. The first kappa shape index (κ1) is 16.0. The maximum atomic E-state index is 11.7. The summed E-state index contributed by atoms with van der Waals surface area (Å²) in [6.07, 6.45) is 2.54. The van der Waals surface area contributed by atoms with Crippen LogP contribution < -0.4 is 10.6 Å². The number of benzene rings is 1. The molecule has 4 nitrogen and oxygen atoms in total. The van der Waals surface area contributed by atoms with Crippen molar-refractivity contribution in [2.75, 3.05) is 20.3 Å². The van der Waals surface area contributed by atoms with E-state index in [1.54, 1.807) is 7.11 Å². The molecule has 1 atom stereocenters. The van der Waals surface area contributed by atoms with Crippen LogP contribution in [0.3, 0.4) is 0 Å². The average Bonchev–Trinajstić information content (AvgIpc) is 3.23. The lowest BCUT2D eigenvalue weighted by molar-refractivity contribution is 0.0956. The predicted molar refractivity (Wildman–Crippen MR) is 84.3 cm³/mol. The van der Waals surface area contributed by atoms with Crippen molar-refractivity contribution in [1.82, 2.24) is 10.6 Å². The van der Waals surface area contributed by atoms with Crippen molar-refractivity contribution in [2.24, 2.45) is 5.41 Å². The van der Waals surface area contributed by atoms with Gasteiger partial charge in [-0.15, -0.1) is 0 Å². The molecule has 0 aromatic heterocycles. The van der Waals surface area contributed by atoms with Gasteiger partial charge in [0.1, 0.15) is 0 Å². The Bertz CT molecular complexity index is 466. The lowest BCUT2D eigenvalue weighted by Crippen LogP contribution is -2.39. The molecule has 0 spiro atoms. The molecule has 4 heteroatoms. The Kier molecular flexibility index (Phi) is 5.37. The van der Waals surface area contributed by atoms with Crippen LogP contribution in [-0.4, -0.2) is 32.2 Å². The SMILES string of the molecule is CCNC(=O)c1ccc(CNC(COC)C2(C)CC2)cc1. The van der Waals surface area contributed by atoms with E-state index in [0.29, 0.717) is 23.6 Å². The maximum Gasteiger partial charge on any atom is 0.251 e. The first-order valence-corrected chi connectivity index (χ1v) is 7.68. The number of nitrogens with one attached hydrogen (secondary N) is 2. The molecule has 0 bridgehead atoms. The molecule has 1 aliphatic rings. The van der Waals surface area contributed by atoms with E-state index < -0.39 is 0 Å². The Balaban J connectivity index is 1.89. The number of ether oxygens (including phenoxy) is 1. The van der Waals surface area contributed by atoms with Crippen LogP contribution in [0.2, 0.25) is 0 Å². The highest BCUT2D eigenvalue weighted by Gasteiger charge is 2.44. The van der Waals surface area contributed by atoms with Gasteiger partial charge in [0.2, 0.25) is 0 Å². The van der Waals surface area contributed by atoms with Gasteiger partial charge in [-0.2, -0.15) is 0 Å². The Morgan fingerprint density at radius 2 is 2.00 bits per heavy atom. The summed E-state index contributed by atoms with van der Waals surface area (Å²) < 4.78 is 5.32. The van der Waals surface area contributed by atoms with Gasteiger partial charge in [-0.25, -0.2) is 0 Å². The van der Waals surface area contributed by atoms with Gasteiger partial charge in [0.25, 0.3) is 5.91 Å². The van der Waals surface area contributed by atoms with E-state index in [4.69, 9.17) is 4.74 Å². The summed E-state index contributed by atoms with van der Waals surface area (Å²) in [6.45, 7) is 6.43. The van der Waals surface area contributed by atoms with Crippen LogP contribution in [0, 0.1) is 5.41 Å². The van der Waals surface area contributed by atoms with E-state index in [9.17, 15) is 4.79 Å². The summed E-state index contributed by atoms with van der Waals surface area (Å²) in [7, 11) is 1.75. The molecule has 1 fully saturated rings. The number of carbonyl (C=O) groups excluding carboxylic acids is 1. The van der Waals surface area contributed by atoms with E-state index in [1.165, 1.54) is 18.4 Å². The first-order valence-electron chi connectivity index (χ1n) is 7.68. The van der Waals surface area contributed by atoms with E-state index in [2.05, 4.69) is 17.6 Å². The lowest BCUT2D eigenvalue weighted by atomic mass is 9.99. The third-order valence-corrected chi connectivity index (χ3v) is 4.32. The summed E-state index contributed by atoms with van der Waals surface area (Å²) in [5.74, 6) is -0.0141. The highest BCUT2D eigenvalue weighted by Crippen LogP contribution is 2.48. The fourth-order valence-corrected chi connectivity index (χ4v) is 2.50. The van der Waals surface area contributed by atoms with Crippen LogP contribution in [-0.2, 0) is 11.3 Å². The molecule has 1 unspecified atom stereocenters. The highest BCUT2D eigenvalue weighted by molar-refractivity contribution is 5.94. The quantitative estimate of drug-likeness (QED) is 0.772. The van der Waals surface area contributed by atoms with Gasteiger partial charge >= 0.3 is 0 Å². The highest BCUT2D eigenvalue weighted by atomic mass is 16.5. The maximum absolute atomic E-state index is 11.7. The second-order valence-corrected chi connectivity index (χ2v) is 6.10. The molecule has 116 valence electrons. The van der Waals surface area contributed by atoms with E-state index >= 15 is 0 Å². The van der Waals surface area contributed by atoms with Crippen LogP contribution in [0.1, 0.15) is 42.6 Å². The van der Waals surface area contributed by atoms with Gasteiger partial charge in [0.15, 0.2) is 0 Å². The minimum absolute atomic E-state index is 0.0141. The third kappa shape index (κ3) is 4.29. The van der Waals surface area contributed by atoms with Crippen molar-refractivity contribution in [3.8, 4) is 0 Å². The zero-order chi connectivity index (χ0) is 15.3. The largest absolute Gasteiger partial charge is 0.383 e. The number of carbonyl (C=O) groups is 1. The molecule has 2 rings (SSSR count). The van der Waals surface area contributed by atoms with E-state index in [-0.39, 0.29) is 5.91 Å². The monoisotopic (exact) mass is 290 g/mol. The minimum atomic E-state index is -0.0141. The van der Waals surface area contributed by atoms with Gasteiger partial charge in [0.05, 0.1) is 6.61 Å². The van der Waals surface area contributed by atoms with Crippen LogP contribution in [0.25, 0.3) is 0 Å².